The number of benzene rings is 2. The Labute approximate surface area is 195 Å². The van der Waals surface area contributed by atoms with Crippen molar-refractivity contribution in [2.24, 2.45) is 0 Å². The topological polar surface area (TPSA) is 93.4 Å². The van der Waals surface area contributed by atoms with Gasteiger partial charge in [-0.25, -0.2) is 12.8 Å². The van der Waals surface area contributed by atoms with E-state index in [1.807, 2.05) is 13.8 Å². The molecule has 1 aliphatic heterocycles. The molecule has 0 spiro atoms. The molecule has 0 radical (unpaired) electrons. The standard InChI is InChI=1S/C24H23ClFNO5S/c1-12(2)17-10-15(26)11-18-21(17)22(23-13(8-20(28)29)6-7-27(18)23)24(30)16-5-4-14(25)9-19(16)33(3,31)32/h4-5,9-13H,6-8H2,1-3H3,(H,28,29)/t13-/m1/s1. The van der Waals surface area contributed by atoms with Crippen molar-refractivity contribution >= 4 is 44.1 Å². The van der Waals surface area contributed by atoms with E-state index >= 15 is 0 Å². The molecule has 174 valence electrons. The Hall–Kier alpha value is -2.71. The molecule has 2 aromatic carbocycles. The van der Waals surface area contributed by atoms with Gasteiger partial charge in [0.25, 0.3) is 0 Å². The number of carbonyl (C=O) groups is 2. The van der Waals surface area contributed by atoms with E-state index in [0.29, 0.717) is 35.1 Å². The van der Waals surface area contributed by atoms with E-state index in [2.05, 4.69) is 0 Å². The van der Waals surface area contributed by atoms with Crippen LogP contribution in [0.25, 0.3) is 10.9 Å². The third kappa shape index (κ3) is 4.06. The number of fused-ring (bicyclic) bond motifs is 3. The fourth-order valence-electron chi connectivity index (χ4n) is 4.80. The maximum absolute atomic E-state index is 14.5. The average Bonchev–Trinajstić information content (AvgIpc) is 3.24. The SMILES string of the molecule is CC(C)c1cc(F)cc2c1c(C(=O)c1ccc(Cl)cc1S(C)(=O)=O)c1n2CC[C@@H]1CC(=O)O. The van der Waals surface area contributed by atoms with Crippen LogP contribution in [0.15, 0.2) is 35.2 Å². The first kappa shape index (κ1) is 23.4. The van der Waals surface area contributed by atoms with Crippen molar-refractivity contribution in [1.29, 1.82) is 0 Å². The zero-order valence-electron chi connectivity index (χ0n) is 18.4. The Morgan fingerprint density at radius 3 is 2.55 bits per heavy atom. The number of ketones is 1. The van der Waals surface area contributed by atoms with Gasteiger partial charge >= 0.3 is 5.97 Å². The van der Waals surface area contributed by atoms with E-state index < -0.39 is 33.3 Å². The molecule has 0 saturated heterocycles. The minimum Gasteiger partial charge on any atom is -0.481 e. The van der Waals surface area contributed by atoms with Crippen LogP contribution in [-0.2, 0) is 21.2 Å². The van der Waals surface area contributed by atoms with Crippen molar-refractivity contribution < 1.29 is 27.5 Å². The van der Waals surface area contributed by atoms with Crippen molar-refractivity contribution in [2.45, 2.75) is 50.0 Å². The first-order valence-electron chi connectivity index (χ1n) is 10.5. The molecule has 33 heavy (non-hydrogen) atoms. The summed E-state index contributed by atoms with van der Waals surface area (Å²) in [6.07, 6.45) is 1.31. The lowest BCUT2D eigenvalue weighted by Gasteiger charge is -2.14. The summed E-state index contributed by atoms with van der Waals surface area (Å²) in [7, 11) is -3.79. The Morgan fingerprint density at radius 1 is 1.24 bits per heavy atom. The van der Waals surface area contributed by atoms with E-state index in [9.17, 15) is 27.5 Å². The first-order valence-corrected chi connectivity index (χ1v) is 12.8. The van der Waals surface area contributed by atoms with Gasteiger partial charge in [-0.3, -0.25) is 9.59 Å². The van der Waals surface area contributed by atoms with Crippen molar-refractivity contribution in [3.05, 3.63) is 63.6 Å². The van der Waals surface area contributed by atoms with Crippen LogP contribution in [-0.4, -0.2) is 36.1 Å². The molecular formula is C24H23ClFNO5S. The summed E-state index contributed by atoms with van der Waals surface area (Å²) in [6.45, 7) is 4.20. The van der Waals surface area contributed by atoms with Gasteiger partial charge in [-0.05, 0) is 48.2 Å². The number of aliphatic carboxylic acids is 1. The number of carboxylic acid groups (broad SMARTS) is 1. The molecule has 1 aromatic heterocycles. The van der Waals surface area contributed by atoms with Crippen molar-refractivity contribution in [3.8, 4) is 0 Å². The van der Waals surface area contributed by atoms with Gasteiger partial charge in [0, 0.05) is 40.4 Å². The second-order valence-electron chi connectivity index (χ2n) is 8.78. The van der Waals surface area contributed by atoms with Crippen LogP contribution in [0.5, 0.6) is 0 Å². The Kier molecular flexibility index (Phi) is 5.87. The Balaban J connectivity index is 2.10. The maximum Gasteiger partial charge on any atom is 0.304 e. The molecule has 4 rings (SSSR count). The fourth-order valence-corrected chi connectivity index (χ4v) is 5.94. The van der Waals surface area contributed by atoms with Crippen LogP contribution < -0.4 is 0 Å². The number of carbonyl (C=O) groups excluding carboxylic acids is 1. The van der Waals surface area contributed by atoms with Crippen LogP contribution in [0.3, 0.4) is 0 Å². The summed E-state index contributed by atoms with van der Waals surface area (Å²) >= 11 is 6.02. The molecule has 0 bridgehead atoms. The third-order valence-electron chi connectivity index (χ3n) is 6.15. The molecule has 0 amide bonds. The number of rotatable bonds is 6. The molecule has 0 aliphatic carbocycles. The van der Waals surface area contributed by atoms with Crippen LogP contribution in [0, 0.1) is 5.82 Å². The van der Waals surface area contributed by atoms with E-state index in [0.717, 1.165) is 6.26 Å². The molecule has 1 N–H and O–H groups in total. The Morgan fingerprint density at radius 2 is 1.94 bits per heavy atom. The first-order chi connectivity index (χ1) is 15.4. The summed E-state index contributed by atoms with van der Waals surface area (Å²) in [5, 5.41) is 10.2. The highest BCUT2D eigenvalue weighted by Gasteiger charge is 2.36. The summed E-state index contributed by atoms with van der Waals surface area (Å²) in [6, 6.07) is 6.78. The number of aromatic nitrogens is 1. The normalized spacial score (nSPS) is 15.9. The van der Waals surface area contributed by atoms with Gasteiger partial charge in [0.2, 0.25) is 0 Å². The van der Waals surface area contributed by atoms with Crippen LogP contribution in [0.2, 0.25) is 5.02 Å². The van der Waals surface area contributed by atoms with Gasteiger partial charge in [-0.2, -0.15) is 0 Å². The Bertz CT molecular complexity index is 1420. The number of carboxylic acids is 1. The molecule has 2 heterocycles. The zero-order valence-corrected chi connectivity index (χ0v) is 19.9. The second kappa shape index (κ2) is 8.25. The monoisotopic (exact) mass is 491 g/mol. The van der Waals surface area contributed by atoms with Gasteiger partial charge in [0.1, 0.15) is 5.82 Å². The quantitative estimate of drug-likeness (QED) is 0.481. The van der Waals surface area contributed by atoms with E-state index in [4.69, 9.17) is 11.6 Å². The molecule has 9 heteroatoms. The summed E-state index contributed by atoms with van der Waals surface area (Å²) in [5.41, 5.74) is 1.83. The lowest BCUT2D eigenvalue weighted by atomic mass is 9.88. The minimum atomic E-state index is -3.79. The molecule has 0 fully saturated rings. The van der Waals surface area contributed by atoms with Crippen LogP contribution >= 0.6 is 11.6 Å². The number of hydrogen-bond donors (Lipinski definition) is 1. The smallest absolute Gasteiger partial charge is 0.304 e. The van der Waals surface area contributed by atoms with E-state index in [1.165, 1.54) is 30.3 Å². The van der Waals surface area contributed by atoms with Crippen molar-refractivity contribution in [1.82, 2.24) is 4.57 Å². The number of hydrogen-bond acceptors (Lipinski definition) is 4. The number of nitrogens with zero attached hydrogens (tertiary/aromatic N) is 1. The van der Waals surface area contributed by atoms with Crippen molar-refractivity contribution in [2.75, 3.05) is 6.26 Å². The predicted molar refractivity (Wildman–Crippen MR) is 124 cm³/mol. The van der Waals surface area contributed by atoms with Crippen LogP contribution in [0.4, 0.5) is 4.39 Å². The predicted octanol–water partition coefficient (Wildman–Crippen LogP) is 5.15. The van der Waals surface area contributed by atoms with Crippen molar-refractivity contribution in [3.63, 3.8) is 0 Å². The van der Waals surface area contributed by atoms with Gasteiger partial charge in [-0.15, -0.1) is 0 Å². The lowest BCUT2D eigenvalue weighted by molar-refractivity contribution is -0.137. The molecule has 1 aliphatic rings. The van der Waals surface area contributed by atoms with E-state index in [1.54, 1.807) is 4.57 Å². The number of aryl methyl sites for hydroxylation is 1. The molecule has 0 unspecified atom stereocenters. The number of halogens is 2. The van der Waals surface area contributed by atoms with Gasteiger partial charge < -0.3 is 9.67 Å². The number of sulfone groups is 1. The largest absolute Gasteiger partial charge is 0.481 e. The lowest BCUT2D eigenvalue weighted by Crippen LogP contribution is -2.13. The highest BCUT2D eigenvalue weighted by Crippen LogP contribution is 2.44. The third-order valence-corrected chi connectivity index (χ3v) is 7.52. The van der Waals surface area contributed by atoms with Crippen LogP contribution in [0.1, 0.15) is 65.7 Å². The molecule has 1 atom stereocenters. The summed E-state index contributed by atoms with van der Waals surface area (Å²) in [4.78, 5) is 25.3. The van der Waals surface area contributed by atoms with Gasteiger partial charge in [0.15, 0.2) is 15.6 Å². The highest BCUT2D eigenvalue weighted by atomic mass is 35.5. The second-order valence-corrected chi connectivity index (χ2v) is 11.2. The molecule has 3 aromatic rings. The summed E-state index contributed by atoms with van der Waals surface area (Å²) < 4.78 is 41.3. The molecule has 0 saturated carbocycles. The van der Waals surface area contributed by atoms with Gasteiger partial charge in [-0.1, -0.05) is 25.4 Å². The zero-order chi connectivity index (χ0) is 24.2. The maximum atomic E-state index is 14.5. The van der Waals surface area contributed by atoms with E-state index in [-0.39, 0.29) is 33.4 Å². The van der Waals surface area contributed by atoms with Gasteiger partial charge in [0.05, 0.1) is 22.4 Å². The minimum absolute atomic E-state index is 0.0443. The molecule has 6 nitrogen and oxygen atoms in total. The molecular weight excluding hydrogens is 469 g/mol. The highest BCUT2D eigenvalue weighted by molar-refractivity contribution is 7.90. The summed E-state index contributed by atoms with van der Waals surface area (Å²) in [5.74, 6) is -2.58. The average molecular weight is 492 g/mol. The fraction of sp³-hybridized carbons (Fsp3) is 0.333.